The Morgan fingerprint density at radius 1 is 0.159 bits per heavy atom. The Morgan fingerprint density at radius 2 is 0.365 bits per heavy atom. The molecule has 8 fully saturated rings. The highest BCUT2D eigenvalue weighted by Gasteiger charge is 2.34. The van der Waals surface area contributed by atoms with Crippen LogP contribution >= 0.6 is 0 Å². The van der Waals surface area contributed by atoms with Crippen LogP contribution in [0, 0.1) is 82.9 Å². The van der Waals surface area contributed by atoms with Crippen LogP contribution in [-0.2, 0) is 0 Å². The van der Waals surface area contributed by atoms with Crippen LogP contribution in [0.3, 0.4) is 0 Å². The van der Waals surface area contributed by atoms with E-state index in [-0.39, 0.29) is 0 Å². The van der Waals surface area contributed by atoms with Gasteiger partial charge < -0.3 is 5.73 Å². The van der Waals surface area contributed by atoms with Gasteiger partial charge in [-0.1, -0.05) is 218 Å². The Morgan fingerprint density at radius 3 is 0.825 bits per heavy atom. The number of fused-ring (bicyclic) bond motifs is 12. The van der Waals surface area contributed by atoms with Gasteiger partial charge in [-0.2, -0.15) is 0 Å². The molecule has 0 aliphatic heterocycles. The molecule has 15 unspecified atom stereocenters. The zero-order chi connectivity index (χ0) is 42.9. The van der Waals surface area contributed by atoms with Gasteiger partial charge in [0.15, 0.2) is 0 Å². The summed E-state index contributed by atoms with van der Waals surface area (Å²) in [6, 6.07) is 0.483. The van der Waals surface area contributed by atoms with Crippen LogP contribution in [0.4, 0.5) is 0 Å². The third-order valence-corrected chi connectivity index (χ3v) is 21.8. The molecule has 364 valence electrons. The van der Waals surface area contributed by atoms with E-state index in [0.29, 0.717) is 6.04 Å². The topological polar surface area (TPSA) is 26.0 Å². The van der Waals surface area contributed by atoms with Crippen LogP contribution in [0.1, 0.15) is 302 Å². The van der Waals surface area contributed by atoms with Crippen molar-refractivity contribution in [1.82, 2.24) is 0 Å². The van der Waals surface area contributed by atoms with E-state index >= 15 is 0 Å². The highest BCUT2D eigenvalue weighted by Crippen LogP contribution is 2.47. The molecule has 1 nitrogen and oxygen atoms in total. The fraction of sp³-hybridized carbons (Fsp3) is 1.00. The normalized spacial score (nSPS) is 43.7. The van der Waals surface area contributed by atoms with Crippen LogP contribution in [-0.4, -0.2) is 6.04 Å². The van der Waals surface area contributed by atoms with Gasteiger partial charge in [-0.3, -0.25) is 0 Å². The minimum Gasteiger partial charge on any atom is -0.328 e. The summed E-state index contributed by atoms with van der Waals surface area (Å²) in [5.41, 5.74) is 6.55. The first-order valence-electron chi connectivity index (χ1n) is 30.8. The number of hydrogen-bond donors (Lipinski definition) is 1. The first-order chi connectivity index (χ1) is 31.1. The second kappa shape index (κ2) is 27.2. The van der Waals surface area contributed by atoms with Crippen LogP contribution in [0.2, 0.25) is 0 Å². The van der Waals surface area contributed by atoms with Gasteiger partial charge in [0.2, 0.25) is 0 Å². The summed E-state index contributed by atoms with van der Waals surface area (Å²) >= 11 is 0. The molecule has 63 heavy (non-hydrogen) atoms. The molecule has 2 N–H and O–H groups in total. The van der Waals surface area contributed by atoms with Crippen LogP contribution < -0.4 is 5.73 Å². The van der Waals surface area contributed by atoms with Gasteiger partial charge in [-0.05, 0) is 166 Å². The maximum atomic E-state index is 6.55. The molecule has 0 aromatic heterocycles. The summed E-state index contributed by atoms with van der Waals surface area (Å²) in [5, 5.41) is 0. The molecule has 15 atom stereocenters. The lowest BCUT2D eigenvalue weighted by Gasteiger charge is -2.35. The summed E-state index contributed by atoms with van der Waals surface area (Å²) in [6.07, 6.45) is 72.9. The SMILES string of the molecule is NC1CCCC2CCCC3CC(CCCC4CCC5CCCCC6CCC7CC8CCCCCCCCC(CCCC(CC(CCC5CCCCC(C4)C3)C6)C7)C8)CCC2CCC1. The molecular weight excluding hydrogens is 759 g/mol. The third kappa shape index (κ3) is 16.9. The van der Waals surface area contributed by atoms with E-state index in [0.717, 1.165) is 82.9 Å². The summed E-state index contributed by atoms with van der Waals surface area (Å²) in [6.45, 7) is 0. The Bertz CT molecular complexity index is 1210. The largest absolute Gasteiger partial charge is 0.328 e. The minimum absolute atomic E-state index is 0.483. The molecule has 8 saturated carbocycles. The Labute approximate surface area is 394 Å². The van der Waals surface area contributed by atoms with E-state index in [1.165, 1.54) is 77.0 Å². The molecule has 0 radical (unpaired) electrons. The first kappa shape index (κ1) is 49.4. The van der Waals surface area contributed by atoms with Crippen molar-refractivity contribution in [3.05, 3.63) is 0 Å². The fourth-order valence-corrected chi connectivity index (χ4v) is 18.3. The molecule has 0 amide bonds. The molecule has 1 heteroatoms. The van der Waals surface area contributed by atoms with Gasteiger partial charge in [0.1, 0.15) is 0 Å². The zero-order valence-corrected chi connectivity index (χ0v) is 42.5. The van der Waals surface area contributed by atoms with Gasteiger partial charge in [-0.15, -0.1) is 0 Å². The van der Waals surface area contributed by atoms with Gasteiger partial charge in [0.05, 0.1) is 0 Å². The molecule has 0 saturated heterocycles. The van der Waals surface area contributed by atoms with E-state index in [1.54, 1.807) is 225 Å². The van der Waals surface area contributed by atoms with Crippen molar-refractivity contribution in [3.63, 3.8) is 0 Å². The van der Waals surface area contributed by atoms with E-state index < -0.39 is 0 Å². The van der Waals surface area contributed by atoms with Crippen molar-refractivity contribution < 1.29 is 0 Å². The molecule has 8 rings (SSSR count). The minimum atomic E-state index is 0.483. The fourth-order valence-electron chi connectivity index (χ4n) is 18.3. The number of nitrogens with two attached hydrogens (primary N) is 1. The van der Waals surface area contributed by atoms with Gasteiger partial charge in [0.25, 0.3) is 0 Å². The predicted molar refractivity (Wildman–Crippen MR) is 274 cm³/mol. The van der Waals surface area contributed by atoms with Crippen LogP contribution in [0.25, 0.3) is 0 Å². The van der Waals surface area contributed by atoms with Crippen molar-refractivity contribution in [3.8, 4) is 0 Å². The Balaban J connectivity index is 0.901. The molecule has 0 spiro atoms. The summed E-state index contributed by atoms with van der Waals surface area (Å²) in [4.78, 5) is 0. The first-order valence-corrected chi connectivity index (χ1v) is 30.8. The summed E-state index contributed by atoms with van der Waals surface area (Å²) < 4.78 is 0. The standard InChI is InChI=1S/C62H111N/c63-62-30-14-28-58-27-13-24-54-42-51(35-38-61(58)29-15-31-62)22-11-21-50-34-37-59-25-9-7-17-49-32-33-56-45-52-18-6-4-2-1-3-5-16-48(40-52)20-12-23-55(46-56)47-57(43-49)36-39-60(59)26-10-8-19-53(41-50)44-54/h48-62H,1-47,63H2. The van der Waals surface area contributed by atoms with Crippen molar-refractivity contribution in [2.75, 3.05) is 0 Å². The van der Waals surface area contributed by atoms with E-state index in [4.69, 9.17) is 5.73 Å². The predicted octanol–water partition coefficient (Wildman–Crippen LogP) is 19.4. The molecule has 8 aliphatic rings. The van der Waals surface area contributed by atoms with Crippen molar-refractivity contribution in [1.29, 1.82) is 0 Å². The van der Waals surface area contributed by atoms with Crippen LogP contribution in [0.15, 0.2) is 0 Å². The van der Waals surface area contributed by atoms with E-state index in [2.05, 4.69) is 0 Å². The molecule has 10 bridgehead atoms. The smallest absolute Gasteiger partial charge is 0.00388 e. The molecule has 0 aromatic carbocycles. The average Bonchev–Trinajstić information content (AvgIpc) is 3.32. The van der Waals surface area contributed by atoms with Gasteiger partial charge >= 0.3 is 0 Å². The monoisotopic (exact) mass is 870 g/mol. The van der Waals surface area contributed by atoms with Crippen molar-refractivity contribution in [2.24, 2.45) is 88.6 Å². The lowest BCUT2D eigenvalue weighted by atomic mass is 9.70. The lowest BCUT2D eigenvalue weighted by Crippen LogP contribution is -2.23. The average molecular weight is 871 g/mol. The molecular formula is C62H111N. The van der Waals surface area contributed by atoms with Crippen molar-refractivity contribution >= 4 is 0 Å². The summed E-state index contributed by atoms with van der Waals surface area (Å²) in [7, 11) is 0. The zero-order valence-electron chi connectivity index (χ0n) is 42.5. The molecule has 8 aliphatic carbocycles. The quantitative estimate of drug-likeness (QED) is 0.258. The molecule has 0 heterocycles. The Hall–Kier alpha value is -0.0400. The maximum absolute atomic E-state index is 6.55. The molecule has 0 aromatic rings. The number of rotatable bonds is 0. The van der Waals surface area contributed by atoms with E-state index in [9.17, 15) is 0 Å². The summed E-state index contributed by atoms with van der Waals surface area (Å²) in [5.74, 6) is 14.5. The lowest BCUT2D eigenvalue weighted by molar-refractivity contribution is 0.164. The van der Waals surface area contributed by atoms with Gasteiger partial charge in [0, 0.05) is 6.04 Å². The highest BCUT2D eigenvalue weighted by atomic mass is 14.6. The Kier molecular flexibility index (Phi) is 21.3. The van der Waals surface area contributed by atoms with Crippen LogP contribution in [0.5, 0.6) is 0 Å². The maximum Gasteiger partial charge on any atom is 0.00388 e. The third-order valence-electron chi connectivity index (χ3n) is 21.8. The van der Waals surface area contributed by atoms with E-state index in [1.807, 2.05) is 0 Å². The second-order valence-electron chi connectivity index (χ2n) is 26.6. The van der Waals surface area contributed by atoms with Crippen molar-refractivity contribution in [2.45, 2.75) is 308 Å². The second-order valence-corrected chi connectivity index (χ2v) is 26.6. The number of hydrogen-bond acceptors (Lipinski definition) is 1. The highest BCUT2D eigenvalue weighted by molar-refractivity contribution is 4.86. The van der Waals surface area contributed by atoms with Gasteiger partial charge in [-0.25, -0.2) is 0 Å².